The fourth-order valence-electron chi connectivity index (χ4n) is 3.93. The van der Waals surface area contributed by atoms with Gasteiger partial charge >= 0.3 is 6.18 Å². The second kappa shape index (κ2) is 7.38. The van der Waals surface area contributed by atoms with Crippen LogP contribution < -0.4 is 11.1 Å². The number of hydrogen-bond acceptors (Lipinski definition) is 8. The van der Waals surface area contributed by atoms with Crippen LogP contribution in [0.5, 0.6) is 0 Å². The molecule has 10 nitrogen and oxygen atoms in total. The van der Waals surface area contributed by atoms with Gasteiger partial charge in [-0.2, -0.15) is 23.3 Å². The summed E-state index contributed by atoms with van der Waals surface area (Å²) in [5, 5.41) is 11.5. The van der Waals surface area contributed by atoms with Crippen molar-refractivity contribution in [1.82, 2.24) is 29.9 Å². The first kappa shape index (κ1) is 22.1. The van der Waals surface area contributed by atoms with Crippen LogP contribution >= 0.6 is 11.6 Å². The smallest absolute Gasteiger partial charge is 0.383 e. The molecular weight excluding hydrogens is 477 g/mol. The molecule has 34 heavy (non-hydrogen) atoms. The number of nitrogens with two attached hydrogens (primary N) is 1. The van der Waals surface area contributed by atoms with Crippen LogP contribution in [0.25, 0.3) is 22.4 Å². The zero-order valence-electron chi connectivity index (χ0n) is 17.7. The molecule has 1 unspecified atom stereocenters. The van der Waals surface area contributed by atoms with Gasteiger partial charge in [-0.1, -0.05) is 16.8 Å². The number of rotatable bonds is 4. The van der Waals surface area contributed by atoms with E-state index in [1.54, 1.807) is 26.0 Å². The minimum Gasteiger partial charge on any atom is -0.383 e. The van der Waals surface area contributed by atoms with E-state index in [-0.39, 0.29) is 34.6 Å². The van der Waals surface area contributed by atoms with Crippen molar-refractivity contribution in [3.63, 3.8) is 0 Å². The third kappa shape index (κ3) is 3.43. The first-order chi connectivity index (χ1) is 16.0. The Hall–Kier alpha value is -3.74. The van der Waals surface area contributed by atoms with Gasteiger partial charge in [0.15, 0.2) is 17.1 Å². The van der Waals surface area contributed by atoms with Crippen molar-refractivity contribution >= 4 is 40.0 Å². The van der Waals surface area contributed by atoms with Crippen LogP contribution in [0.15, 0.2) is 22.7 Å². The fourth-order valence-corrected chi connectivity index (χ4v) is 4.10. The number of carbonyl (C=O) groups excluding carboxylic acids is 1. The number of fused-ring (bicyclic) bond motifs is 2. The fraction of sp³-hybridized carbons (Fsp3) is 0.300. The molecule has 0 fully saturated rings. The van der Waals surface area contributed by atoms with Crippen molar-refractivity contribution in [3.05, 3.63) is 40.5 Å². The third-order valence-electron chi connectivity index (χ3n) is 5.61. The summed E-state index contributed by atoms with van der Waals surface area (Å²) in [6.45, 7) is 2.75. The average molecular weight is 493 g/mol. The molecule has 4 heterocycles. The van der Waals surface area contributed by atoms with E-state index in [0.29, 0.717) is 21.7 Å². The average Bonchev–Trinajstić information content (AvgIpc) is 3.41. The number of aromatic nitrogens is 6. The van der Waals surface area contributed by atoms with Crippen LogP contribution in [0.1, 0.15) is 30.6 Å². The van der Waals surface area contributed by atoms with Gasteiger partial charge in [-0.25, -0.2) is 9.97 Å². The molecule has 0 bridgehead atoms. The summed E-state index contributed by atoms with van der Waals surface area (Å²) < 4.78 is 44.9. The number of anilines is 2. The highest BCUT2D eigenvalue weighted by molar-refractivity contribution is 6.31. The minimum atomic E-state index is -4.37. The summed E-state index contributed by atoms with van der Waals surface area (Å²) >= 11 is 6.06. The number of nitrogens with one attached hydrogen (secondary N) is 1. The van der Waals surface area contributed by atoms with Crippen LogP contribution in [0.2, 0.25) is 5.02 Å². The molecule has 1 atom stereocenters. The van der Waals surface area contributed by atoms with E-state index in [9.17, 15) is 18.0 Å². The molecule has 3 aromatic heterocycles. The van der Waals surface area contributed by atoms with Crippen LogP contribution in [-0.4, -0.2) is 42.0 Å². The summed E-state index contributed by atoms with van der Waals surface area (Å²) in [4.78, 5) is 25.8. The molecular formula is C20H16ClF3N8O2. The molecule has 4 aromatic rings. The van der Waals surface area contributed by atoms with E-state index in [2.05, 4.69) is 30.5 Å². The summed E-state index contributed by atoms with van der Waals surface area (Å²) in [7, 11) is 0. The quantitative estimate of drug-likeness (QED) is 0.440. The van der Waals surface area contributed by atoms with Gasteiger partial charge in [-0.05, 0) is 32.0 Å². The maximum absolute atomic E-state index is 12.9. The molecule has 3 N–H and O–H groups in total. The Labute approximate surface area is 194 Å². The van der Waals surface area contributed by atoms with E-state index in [0.717, 1.165) is 0 Å². The molecule has 14 heteroatoms. The number of amides is 1. The molecule has 0 radical (unpaired) electrons. The molecule has 1 aliphatic rings. The maximum atomic E-state index is 12.9. The van der Waals surface area contributed by atoms with Crippen molar-refractivity contribution in [2.75, 3.05) is 11.1 Å². The highest BCUT2D eigenvalue weighted by Crippen LogP contribution is 2.44. The minimum absolute atomic E-state index is 0.0283. The Morgan fingerprint density at radius 1 is 1.26 bits per heavy atom. The number of aryl methyl sites for hydroxylation is 2. The molecule has 1 aliphatic heterocycles. The summed E-state index contributed by atoms with van der Waals surface area (Å²) in [5.74, 6) is -0.0114. The van der Waals surface area contributed by atoms with Gasteiger partial charge in [0.05, 0.1) is 24.0 Å². The van der Waals surface area contributed by atoms with E-state index >= 15 is 0 Å². The van der Waals surface area contributed by atoms with Crippen molar-refractivity contribution in [2.24, 2.45) is 0 Å². The van der Waals surface area contributed by atoms with Gasteiger partial charge < -0.3 is 15.6 Å². The second-order valence-electron chi connectivity index (χ2n) is 7.98. The van der Waals surface area contributed by atoms with Crippen molar-refractivity contribution in [1.29, 1.82) is 0 Å². The summed E-state index contributed by atoms with van der Waals surface area (Å²) in [5.41, 5.74) is 5.66. The van der Waals surface area contributed by atoms with E-state index in [1.165, 1.54) is 10.7 Å². The zero-order valence-corrected chi connectivity index (χ0v) is 18.5. The lowest BCUT2D eigenvalue weighted by molar-refractivity contribution is -0.137. The predicted octanol–water partition coefficient (Wildman–Crippen LogP) is 3.63. The molecule has 0 aliphatic carbocycles. The first-order valence-corrected chi connectivity index (χ1v) is 10.4. The van der Waals surface area contributed by atoms with Gasteiger partial charge in [0.1, 0.15) is 17.3 Å². The monoisotopic (exact) mass is 492 g/mol. The van der Waals surface area contributed by atoms with Crippen LogP contribution in [0.3, 0.4) is 0 Å². The first-order valence-electron chi connectivity index (χ1n) is 10.0. The number of nitrogens with zero attached hydrogens (tertiary/aromatic N) is 6. The van der Waals surface area contributed by atoms with Gasteiger partial charge in [0, 0.05) is 10.4 Å². The predicted molar refractivity (Wildman–Crippen MR) is 115 cm³/mol. The van der Waals surface area contributed by atoms with Gasteiger partial charge in [0.2, 0.25) is 11.8 Å². The normalized spacial score (nSPS) is 17.9. The van der Waals surface area contributed by atoms with Crippen LogP contribution in [0.4, 0.5) is 24.8 Å². The number of hydrogen-bond donors (Lipinski definition) is 2. The lowest BCUT2D eigenvalue weighted by atomic mass is 9.84. The Morgan fingerprint density at radius 2 is 2.03 bits per heavy atom. The van der Waals surface area contributed by atoms with Crippen LogP contribution in [-0.2, 0) is 16.8 Å². The van der Waals surface area contributed by atoms with Crippen molar-refractivity contribution in [3.8, 4) is 11.5 Å². The second-order valence-corrected chi connectivity index (χ2v) is 8.42. The summed E-state index contributed by atoms with van der Waals surface area (Å²) in [6.07, 6.45) is -5.45. The van der Waals surface area contributed by atoms with Crippen molar-refractivity contribution in [2.45, 2.75) is 38.4 Å². The number of benzene rings is 1. The molecule has 0 spiro atoms. The van der Waals surface area contributed by atoms with Gasteiger partial charge in [0.25, 0.3) is 0 Å². The molecule has 5 rings (SSSR count). The lowest BCUT2D eigenvalue weighted by Crippen LogP contribution is -2.33. The van der Waals surface area contributed by atoms with Crippen molar-refractivity contribution < 1.29 is 22.5 Å². The largest absolute Gasteiger partial charge is 0.390 e. The summed E-state index contributed by atoms with van der Waals surface area (Å²) in [6, 6.07) is 4.70. The Morgan fingerprint density at radius 3 is 2.71 bits per heavy atom. The Bertz CT molecular complexity index is 1460. The zero-order chi connectivity index (χ0) is 24.4. The number of halogens is 4. The number of nitrogen functional groups attached to an aromatic ring is 1. The molecule has 176 valence electrons. The standard InChI is InChI=1S/C20H16ClF3N8O2/c1-8-26-18(34-31-8)19(2)12-14(25)27-16(28-15(12)29-17(19)33)13-10-4-3-9(21)7-11(10)32(30-13)6-5-20(22,23)24/h3-4,7H,5-6H2,1-2H3,(H3,25,27,28,29,33). The van der Waals surface area contributed by atoms with Gasteiger partial charge in [-0.3, -0.25) is 9.48 Å². The highest BCUT2D eigenvalue weighted by Gasteiger charge is 2.51. The molecule has 1 aromatic carbocycles. The van der Waals surface area contributed by atoms with E-state index < -0.39 is 30.5 Å². The lowest BCUT2D eigenvalue weighted by Gasteiger charge is -2.17. The Kier molecular flexibility index (Phi) is 4.79. The van der Waals surface area contributed by atoms with Gasteiger partial charge in [-0.15, -0.1) is 0 Å². The SMILES string of the molecule is Cc1noc(C2(C)C(=O)Nc3nc(-c4nn(CCC(F)(F)F)c5cc(Cl)ccc45)nc(N)c32)n1. The van der Waals surface area contributed by atoms with E-state index in [4.69, 9.17) is 21.9 Å². The number of alkyl halides is 3. The highest BCUT2D eigenvalue weighted by atomic mass is 35.5. The maximum Gasteiger partial charge on any atom is 0.390 e. The number of carbonyl (C=O) groups is 1. The van der Waals surface area contributed by atoms with Crippen LogP contribution in [0, 0.1) is 6.92 Å². The molecule has 0 saturated heterocycles. The third-order valence-corrected chi connectivity index (χ3v) is 5.85. The topological polar surface area (TPSA) is 138 Å². The Balaban J connectivity index is 1.64. The molecule has 0 saturated carbocycles. The molecule has 1 amide bonds. The van der Waals surface area contributed by atoms with E-state index in [1.807, 2.05) is 0 Å².